The van der Waals surface area contributed by atoms with Crippen molar-refractivity contribution in [2.75, 3.05) is 5.73 Å². The van der Waals surface area contributed by atoms with E-state index < -0.39 is 5.82 Å². The molecule has 21 heavy (non-hydrogen) atoms. The monoisotopic (exact) mass is 367 g/mol. The summed E-state index contributed by atoms with van der Waals surface area (Å²) in [7, 11) is 0. The molecule has 0 spiro atoms. The first kappa shape index (κ1) is 14.0. The predicted octanol–water partition coefficient (Wildman–Crippen LogP) is 4.54. The lowest BCUT2D eigenvalue weighted by atomic mass is 10.2. The van der Waals surface area contributed by atoms with Gasteiger partial charge in [0, 0.05) is 15.7 Å². The molecule has 4 nitrogen and oxygen atoms in total. The van der Waals surface area contributed by atoms with Gasteiger partial charge in [-0.2, -0.15) is 4.98 Å². The van der Waals surface area contributed by atoms with Gasteiger partial charge in [-0.3, -0.25) is 0 Å². The van der Waals surface area contributed by atoms with Gasteiger partial charge in [0.1, 0.15) is 5.82 Å². The van der Waals surface area contributed by atoms with Crippen LogP contribution in [0, 0.1) is 5.82 Å². The van der Waals surface area contributed by atoms with Crippen LogP contribution in [0.15, 0.2) is 45.4 Å². The fourth-order valence-electron chi connectivity index (χ4n) is 1.84. The maximum Gasteiger partial charge on any atom is 0.260 e. The molecule has 0 bridgehead atoms. The molecule has 1 aromatic heterocycles. The average molecular weight is 369 g/mol. The van der Waals surface area contributed by atoms with Crippen molar-refractivity contribution in [3.8, 4) is 22.8 Å². The zero-order valence-corrected chi connectivity index (χ0v) is 12.8. The standard InChI is InChI=1S/C14H8BrClFN3O/c15-7-1-3-10(12(18)5-7)14-19-13(20-21-14)9-4-2-8(17)6-11(9)16/h1-6H,18H2. The summed E-state index contributed by atoms with van der Waals surface area (Å²) in [5, 5.41) is 4.07. The van der Waals surface area contributed by atoms with Crippen LogP contribution in [0.5, 0.6) is 0 Å². The fourth-order valence-corrected chi connectivity index (χ4v) is 2.47. The van der Waals surface area contributed by atoms with Crippen LogP contribution in [0.2, 0.25) is 5.02 Å². The summed E-state index contributed by atoms with van der Waals surface area (Å²) >= 11 is 9.31. The van der Waals surface area contributed by atoms with Gasteiger partial charge in [0.2, 0.25) is 5.82 Å². The van der Waals surface area contributed by atoms with E-state index in [9.17, 15) is 4.39 Å². The molecule has 0 unspecified atom stereocenters. The van der Waals surface area contributed by atoms with E-state index in [2.05, 4.69) is 26.1 Å². The summed E-state index contributed by atoms with van der Waals surface area (Å²) in [6.07, 6.45) is 0. The van der Waals surface area contributed by atoms with Gasteiger partial charge in [-0.15, -0.1) is 0 Å². The second-order valence-corrected chi connectivity index (χ2v) is 5.60. The molecule has 0 amide bonds. The highest BCUT2D eigenvalue weighted by molar-refractivity contribution is 9.10. The molecule has 3 aromatic rings. The quantitative estimate of drug-likeness (QED) is 0.674. The SMILES string of the molecule is Nc1cc(Br)ccc1-c1nc(-c2ccc(F)cc2Cl)no1. The number of nitrogen functional groups attached to an aromatic ring is 1. The third-order valence-electron chi connectivity index (χ3n) is 2.84. The molecular weight excluding hydrogens is 361 g/mol. The number of hydrogen-bond donors (Lipinski definition) is 1. The van der Waals surface area contributed by atoms with E-state index >= 15 is 0 Å². The van der Waals surface area contributed by atoms with Gasteiger partial charge in [-0.25, -0.2) is 4.39 Å². The predicted molar refractivity (Wildman–Crippen MR) is 82.3 cm³/mol. The molecule has 7 heteroatoms. The molecule has 106 valence electrons. The van der Waals surface area contributed by atoms with Gasteiger partial charge in [0.15, 0.2) is 0 Å². The molecule has 0 aliphatic heterocycles. The molecule has 3 rings (SSSR count). The first-order chi connectivity index (χ1) is 10.0. The Bertz CT molecular complexity index is 756. The number of halogens is 3. The van der Waals surface area contributed by atoms with Crippen LogP contribution in [0.1, 0.15) is 0 Å². The molecule has 1 heterocycles. The Hall–Kier alpha value is -1.92. The van der Waals surface area contributed by atoms with Crippen LogP contribution in [-0.4, -0.2) is 10.1 Å². The fraction of sp³-hybridized carbons (Fsp3) is 0. The first-order valence-electron chi connectivity index (χ1n) is 5.89. The van der Waals surface area contributed by atoms with Gasteiger partial charge >= 0.3 is 0 Å². The van der Waals surface area contributed by atoms with Gasteiger partial charge in [-0.05, 0) is 36.4 Å². The Morgan fingerprint density at radius 2 is 1.90 bits per heavy atom. The van der Waals surface area contributed by atoms with E-state index in [0.29, 0.717) is 16.8 Å². The van der Waals surface area contributed by atoms with Gasteiger partial charge < -0.3 is 10.3 Å². The third kappa shape index (κ3) is 2.77. The molecule has 0 atom stereocenters. The Balaban J connectivity index is 2.03. The minimum Gasteiger partial charge on any atom is -0.398 e. The molecule has 2 aromatic carbocycles. The third-order valence-corrected chi connectivity index (χ3v) is 3.65. The molecule has 0 saturated carbocycles. The van der Waals surface area contributed by atoms with Crippen molar-refractivity contribution >= 4 is 33.2 Å². The summed E-state index contributed by atoms with van der Waals surface area (Å²) in [5.74, 6) is 0.123. The maximum absolute atomic E-state index is 13.1. The lowest BCUT2D eigenvalue weighted by Crippen LogP contribution is -1.90. The summed E-state index contributed by atoms with van der Waals surface area (Å²) in [6.45, 7) is 0. The van der Waals surface area contributed by atoms with Gasteiger partial charge in [0.25, 0.3) is 5.89 Å². The highest BCUT2D eigenvalue weighted by Crippen LogP contribution is 2.31. The van der Waals surface area contributed by atoms with E-state index in [4.69, 9.17) is 21.9 Å². The van der Waals surface area contributed by atoms with Crippen LogP contribution >= 0.6 is 27.5 Å². The molecule has 0 saturated heterocycles. The minimum absolute atomic E-state index is 0.214. The lowest BCUT2D eigenvalue weighted by Gasteiger charge is -2.00. The smallest absolute Gasteiger partial charge is 0.260 e. The molecule has 2 N–H and O–H groups in total. The zero-order valence-electron chi connectivity index (χ0n) is 10.5. The minimum atomic E-state index is -0.426. The van der Waals surface area contributed by atoms with Crippen molar-refractivity contribution in [2.24, 2.45) is 0 Å². The molecular formula is C14H8BrClFN3O. The Morgan fingerprint density at radius 1 is 1.14 bits per heavy atom. The lowest BCUT2D eigenvalue weighted by molar-refractivity contribution is 0.432. The first-order valence-corrected chi connectivity index (χ1v) is 7.06. The Labute approximate surface area is 132 Å². The topological polar surface area (TPSA) is 64.9 Å². The van der Waals surface area contributed by atoms with Gasteiger partial charge in [0.05, 0.1) is 10.6 Å². The van der Waals surface area contributed by atoms with Crippen LogP contribution in [-0.2, 0) is 0 Å². The molecule has 0 aliphatic carbocycles. The van der Waals surface area contributed by atoms with Crippen molar-refractivity contribution in [1.82, 2.24) is 10.1 Å². The van der Waals surface area contributed by atoms with Crippen molar-refractivity contribution in [2.45, 2.75) is 0 Å². The van der Waals surface area contributed by atoms with Crippen LogP contribution < -0.4 is 5.73 Å². The van der Waals surface area contributed by atoms with Crippen molar-refractivity contribution < 1.29 is 8.91 Å². The van der Waals surface area contributed by atoms with E-state index in [1.807, 2.05) is 6.07 Å². The van der Waals surface area contributed by atoms with Crippen LogP contribution in [0.25, 0.3) is 22.8 Å². The number of aromatic nitrogens is 2. The number of anilines is 1. The second-order valence-electron chi connectivity index (χ2n) is 4.28. The number of hydrogen-bond acceptors (Lipinski definition) is 4. The Kier molecular flexibility index (Phi) is 3.65. The van der Waals surface area contributed by atoms with Crippen LogP contribution in [0.3, 0.4) is 0 Å². The number of nitrogens with zero attached hydrogens (tertiary/aromatic N) is 2. The number of rotatable bonds is 2. The summed E-state index contributed by atoms with van der Waals surface area (Å²) in [4.78, 5) is 4.25. The van der Waals surface area contributed by atoms with Crippen molar-refractivity contribution in [3.63, 3.8) is 0 Å². The highest BCUT2D eigenvalue weighted by atomic mass is 79.9. The molecule has 0 radical (unpaired) electrons. The summed E-state index contributed by atoms with van der Waals surface area (Å²) in [5.41, 5.74) is 7.53. The molecule has 0 aliphatic rings. The van der Waals surface area contributed by atoms with Crippen LogP contribution in [0.4, 0.5) is 10.1 Å². The zero-order chi connectivity index (χ0) is 15.0. The maximum atomic E-state index is 13.1. The van der Waals surface area contributed by atoms with E-state index in [1.54, 1.807) is 12.1 Å². The normalized spacial score (nSPS) is 10.8. The number of nitrogens with two attached hydrogens (primary N) is 1. The van der Waals surface area contributed by atoms with Crippen molar-refractivity contribution in [1.29, 1.82) is 0 Å². The highest BCUT2D eigenvalue weighted by Gasteiger charge is 2.15. The van der Waals surface area contributed by atoms with E-state index in [1.165, 1.54) is 18.2 Å². The average Bonchev–Trinajstić information content (AvgIpc) is 2.87. The summed E-state index contributed by atoms with van der Waals surface area (Å²) < 4.78 is 19.1. The summed E-state index contributed by atoms with van der Waals surface area (Å²) in [6, 6.07) is 9.30. The Morgan fingerprint density at radius 3 is 2.62 bits per heavy atom. The van der Waals surface area contributed by atoms with Gasteiger partial charge in [-0.1, -0.05) is 32.7 Å². The van der Waals surface area contributed by atoms with E-state index in [0.717, 1.165) is 4.47 Å². The van der Waals surface area contributed by atoms with E-state index in [-0.39, 0.29) is 16.7 Å². The molecule has 0 fully saturated rings. The largest absolute Gasteiger partial charge is 0.398 e. The van der Waals surface area contributed by atoms with Crippen molar-refractivity contribution in [3.05, 3.63) is 51.7 Å². The second kappa shape index (κ2) is 5.46. The number of benzene rings is 2.